The summed E-state index contributed by atoms with van der Waals surface area (Å²) in [5.41, 5.74) is 1.34. The highest BCUT2D eigenvalue weighted by Crippen LogP contribution is 2.39. The Morgan fingerprint density at radius 1 is 0.952 bits per heavy atom. The molecule has 0 bridgehead atoms. The highest BCUT2D eigenvalue weighted by molar-refractivity contribution is 5.95. The van der Waals surface area contributed by atoms with Crippen LogP contribution >= 0.6 is 0 Å². The van der Waals surface area contributed by atoms with Crippen LogP contribution in [0.25, 0.3) is 0 Å². The number of benzene rings is 1. The van der Waals surface area contributed by atoms with Crippen LogP contribution in [-0.4, -0.2) is 26.2 Å². The summed E-state index contributed by atoms with van der Waals surface area (Å²) < 4.78 is 9.52. The summed E-state index contributed by atoms with van der Waals surface area (Å²) in [4.78, 5) is 23.7. The van der Waals surface area contributed by atoms with Crippen LogP contribution in [0.5, 0.6) is 0 Å². The minimum absolute atomic E-state index is 0.0184. The fraction of sp³-hybridized carbons (Fsp3) is 0.529. The molecule has 0 saturated heterocycles. The van der Waals surface area contributed by atoms with Crippen LogP contribution in [0, 0.1) is 11.8 Å². The van der Waals surface area contributed by atoms with E-state index in [2.05, 4.69) is 12.1 Å². The number of carbonyl (C=O) groups excluding carboxylic acids is 2. The zero-order valence-corrected chi connectivity index (χ0v) is 12.6. The normalized spacial score (nSPS) is 21.9. The summed E-state index contributed by atoms with van der Waals surface area (Å²) >= 11 is 0. The Balaban J connectivity index is 2.01. The number of hydrogen-bond donors (Lipinski definition) is 0. The van der Waals surface area contributed by atoms with Crippen LogP contribution in [0.1, 0.15) is 37.2 Å². The average Bonchev–Trinajstić information content (AvgIpc) is 2.56. The molecule has 0 amide bonds. The van der Waals surface area contributed by atoms with Gasteiger partial charge in [-0.05, 0) is 43.1 Å². The molecule has 0 heterocycles. The molecule has 0 aromatic heterocycles. The van der Waals surface area contributed by atoms with Gasteiger partial charge in [0, 0.05) is 0 Å². The first-order valence-corrected chi connectivity index (χ1v) is 7.38. The van der Waals surface area contributed by atoms with E-state index in [-0.39, 0.29) is 5.92 Å². The second-order valence-corrected chi connectivity index (χ2v) is 5.55. The van der Waals surface area contributed by atoms with Crippen molar-refractivity contribution in [3.8, 4) is 0 Å². The van der Waals surface area contributed by atoms with E-state index in [9.17, 15) is 9.59 Å². The van der Waals surface area contributed by atoms with Gasteiger partial charge in [0.15, 0.2) is 5.92 Å². The number of hydrogen-bond acceptors (Lipinski definition) is 4. The number of methoxy groups -OCH3 is 2. The molecule has 1 aromatic rings. The second-order valence-electron chi connectivity index (χ2n) is 5.55. The maximum Gasteiger partial charge on any atom is 0.320 e. The third-order valence-electron chi connectivity index (χ3n) is 4.42. The Morgan fingerprint density at radius 3 is 1.95 bits per heavy atom. The summed E-state index contributed by atoms with van der Waals surface area (Å²) in [6, 6.07) is 10.4. The Hall–Kier alpha value is -1.84. The molecule has 1 aliphatic rings. The predicted octanol–water partition coefficient (Wildman–Crippen LogP) is 2.92. The molecule has 1 aromatic carbocycles. The lowest BCUT2D eigenvalue weighted by Gasteiger charge is -2.31. The maximum atomic E-state index is 11.8. The van der Waals surface area contributed by atoms with Gasteiger partial charge in [-0.1, -0.05) is 30.3 Å². The van der Waals surface area contributed by atoms with Crippen molar-refractivity contribution in [3.05, 3.63) is 35.9 Å². The summed E-state index contributed by atoms with van der Waals surface area (Å²) in [7, 11) is 2.63. The molecule has 0 N–H and O–H groups in total. The van der Waals surface area contributed by atoms with Crippen molar-refractivity contribution >= 4 is 11.9 Å². The third-order valence-corrected chi connectivity index (χ3v) is 4.42. The first kappa shape index (κ1) is 15.5. The minimum atomic E-state index is -0.781. The van der Waals surface area contributed by atoms with Crippen molar-refractivity contribution in [2.75, 3.05) is 14.2 Å². The molecule has 114 valence electrons. The predicted molar refractivity (Wildman–Crippen MR) is 78.7 cm³/mol. The molecule has 0 atom stereocenters. The third kappa shape index (κ3) is 3.63. The van der Waals surface area contributed by atoms with Gasteiger partial charge in [0.25, 0.3) is 0 Å². The number of rotatable bonds is 4. The Labute approximate surface area is 125 Å². The van der Waals surface area contributed by atoms with Crippen LogP contribution in [0.4, 0.5) is 0 Å². The molecule has 0 spiro atoms. The van der Waals surface area contributed by atoms with Gasteiger partial charge in [-0.2, -0.15) is 0 Å². The summed E-state index contributed by atoms with van der Waals surface area (Å²) in [5, 5.41) is 0. The van der Waals surface area contributed by atoms with Gasteiger partial charge in [-0.15, -0.1) is 0 Å². The first-order valence-electron chi connectivity index (χ1n) is 7.38. The van der Waals surface area contributed by atoms with Gasteiger partial charge in [0.05, 0.1) is 14.2 Å². The van der Waals surface area contributed by atoms with Crippen LogP contribution in [0.15, 0.2) is 30.3 Å². The molecule has 1 saturated carbocycles. The quantitative estimate of drug-likeness (QED) is 0.632. The minimum Gasteiger partial charge on any atom is -0.468 e. The topological polar surface area (TPSA) is 52.6 Å². The van der Waals surface area contributed by atoms with Gasteiger partial charge in [0.2, 0.25) is 0 Å². The van der Waals surface area contributed by atoms with Crippen molar-refractivity contribution in [2.45, 2.75) is 31.6 Å². The molecule has 0 unspecified atom stereocenters. The lowest BCUT2D eigenvalue weighted by Crippen LogP contribution is -2.35. The van der Waals surface area contributed by atoms with Gasteiger partial charge in [-0.3, -0.25) is 9.59 Å². The van der Waals surface area contributed by atoms with E-state index < -0.39 is 17.9 Å². The SMILES string of the molecule is COC(=O)C(C(=O)OC)C1CCC(c2ccccc2)CC1. The van der Waals surface area contributed by atoms with Crippen molar-refractivity contribution in [3.63, 3.8) is 0 Å². The van der Waals surface area contributed by atoms with Gasteiger partial charge in [0.1, 0.15) is 0 Å². The fourth-order valence-corrected chi connectivity index (χ4v) is 3.25. The molecular formula is C17H22O4. The van der Waals surface area contributed by atoms with E-state index in [0.29, 0.717) is 5.92 Å². The van der Waals surface area contributed by atoms with Gasteiger partial charge in [-0.25, -0.2) is 0 Å². The molecular weight excluding hydrogens is 268 g/mol. The van der Waals surface area contributed by atoms with Gasteiger partial charge < -0.3 is 9.47 Å². The summed E-state index contributed by atoms with van der Waals surface area (Å²) in [5.74, 6) is -1.21. The van der Waals surface area contributed by atoms with Crippen LogP contribution in [0.3, 0.4) is 0 Å². The summed E-state index contributed by atoms with van der Waals surface area (Å²) in [6.45, 7) is 0. The lowest BCUT2D eigenvalue weighted by atomic mass is 9.74. The van der Waals surface area contributed by atoms with Crippen LogP contribution in [-0.2, 0) is 19.1 Å². The Morgan fingerprint density at radius 2 is 1.48 bits per heavy atom. The lowest BCUT2D eigenvalue weighted by molar-refractivity contribution is -0.162. The number of esters is 2. The van der Waals surface area contributed by atoms with E-state index in [4.69, 9.17) is 9.47 Å². The van der Waals surface area contributed by atoms with E-state index in [1.807, 2.05) is 18.2 Å². The zero-order valence-electron chi connectivity index (χ0n) is 12.6. The number of ether oxygens (including phenoxy) is 2. The van der Waals surface area contributed by atoms with E-state index in [0.717, 1.165) is 25.7 Å². The molecule has 1 fully saturated rings. The van der Waals surface area contributed by atoms with E-state index in [1.54, 1.807) is 0 Å². The second kappa shape index (κ2) is 7.25. The van der Waals surface area contributed by atoms with E-state index in [1.165, 1.54) is 19.8 Å². The van der Waals surface area contributed by atoms with E-state index >= 15 is 0 Å². The summed E-state index contributed by atoms with van der Waals surface area (Å²) in [6.07, 6.45) is 3.65. The van der Waals surface area contributed by atoms with Crippen molar-refractivity contribution in [1.29, 1.82) is 0 Å². The molecule has 4 heteroatoms. The monoisotopic (exact) mass is 290 g/mol. The number of carbonyl (C=O) groups is 2. The van der Waals surface area contributed by atoms with Gasteiger partial charge >= 0.3 is 11.9 Å². The molecule has 21 heavy (non-hydrogen) atoms. The smallest absolute Gasteiger partial charge is 0.320 e. The Kier molecular flexibility index (Phi) is 5.37. The average molecular weight is 290 g/mol. The fourth-order valence-electron chi connectivity index (χ4n) is 3.25. The Bertz CT molecular complexity index is 459. The molecule has 4 nitrogen and oxygen atoms in total. The first-order chi connectivity index (χ1) is 10.2. The largest absolute Gasteiger partial charge is 0.468 e. The van der Waals surface area contributed by atoms with Crippen molar-refractivity contribution in [2.24, 2.45) is 11.8 Å². The maximum absolute atomic E-state index is 11.8. The van der Waals surface area contributed by atoms with Crippen LogP contribution < -0.4 is 0 Å². The molecule has 0 aliphatic heterocycles. The highest BCUT2D eigenvalue weighted by Gasteiger charge is 2.38. The standard InChI is InChI=1S/C17H22O4/c1-20-16(18)15(17(19)21-2)14-10-8-13(9-11-14)12-6-4-3-5-7-12/h3-7,13-15H,8-11H2,1-2H3. The molecule has 1 aliphatic carbocycles. The van der Waals surface area contributed by atoms with Crippen molar-refractivity contribution < 1.29 is 19.1 Å². The molecule has 2 rings (SSSR count). The molecule has 0 radical (unpaired) electrons. The van der Waals surface area contributed by atoms with Crippen molar-refractivity contribution in [1.82, 2.24) is 0 Å². The zero-order chi connectivity index (χ0) is 15.2. The van der Waals surface area contributed by atoms with Crippen LogP contribution in [0.2, 0.25) is 0 Å². The highest BCUT2D eigenvalue weighted by atomic mass is 16.5.